The molecule has 2 aromatic carbocycles. The molecule has 3 rings (SSSR count). The van der Waals surface area contributed by atoms with Crippen molar-refractivity contribution in [3.8, 4) is 11.6 Å². The van der Waals surface area contributed by atoms with E-state index in [2.05, 4.69) is 29.2 Å². The zero-order valence-corrected chi connectivity index (χ0v) is 18.6. The number of aromatic nitrogens is 2. The normalized spacial score (nSPS) is 11.7. The standard InChI is InChI=1S/C24H27FN4O3/c1-5-28(6-2)20-11-12-21(16(3)15-20)26-24(31)17(4)32-22-13-14-23(30)29(27-22)19-9-7-18(25)8-10-19/h7-15,17H,5-6H2,1-4H3,(H,26,31). The summed E-state index contributed by atoms with van der Waals surface area (Å²) < 4.78 is 19.9. The zero-order valence-electron chi connectivity index (χ0n) is 18.6. The second kappa shape index (κ2) is 10.1. The summed E-state index contributed by atoms with van der Waals surface area (Å²) in [6.07, 6.45) is -0.858. The summed E-state index contributed by atoms with van der Waals surface area (Å²) >= 11 is 0. The molecule has 0 spiro atoms. The van der Waals surface area contributed by atoms with E-state index in [0.29, 0.717) is 11.4 Å². The maximum Gasteiger partial charge on any atom is 0.271 e. The lowest BCUT2D eigenvalue weighted by Crippen LogP contribution is -2.31. The second-order valence-corrected chi connectivity index (χ2v) is 7.32. The number of carbonyl (C=O) groups excluding carboxylic acids is 1. The number of rotatable bonds is 8. The molecule has 1 N–H and O–H groups in total. The number of anilines is 2. The van der Waals surface area contributed by atoms with Crippen molar-refractivity contribution in [2.45, 2.75) is 33.8 Å². The van der Waals surface area contributed by atoms with Gasteiger partial charge in [-0.2, -0.15) is 4.68 Å². The highest BCUT2D eigenvalue weighted by Crippen LogP contribution is 2.23. The van der Waals surface area contributed by atoms with E-state index in [0.717, 1.165) is 29.0 Å². The molecule has 0 bridgehead atoms. The first kappa shape index (κ1) is 23.0. The molecule has 0 aliphatic rings. The third-order valence-corrected chi connectivity index (χ3v) is 5.11. The van der Waals surface area contributed by atoms with Crippen LogP contribution < -0.4 is 20.5 Å². The number of halogens is 1. The highest BCUT2D eigenvalue weighted by atomic mass is 19.1. The lowest BCUT2D eigenvalue weighted by Gasteiger charge is -2.22. The predicted molar refractivity (Wildman–Crippen MR) is 123 cm³/mol. The van der Waals surface area contributed by atoms with Crippen LogP contribution in [0.1, 0.15) is 26.3 Å². The minimum absolute atomic E-state index is 0.102. The summed E-state index contributed by atoms with van der Waals surface area (Å²) in [4.78, 5) is 27.0. The minimum Gasteiger partial charge on any atom is -0.463 e. The smallest absolute Gasteiger partial charge is 0.271 e. The summed E-state index contributed by atoms with van der Waals surface area (Å²) in [6.45, 7) is 9.54. The van der Waals surface area contributed by atoms with E-state index in [9.17, 15) is 14.0 Å². The van der Waals surface area contributed by atoms with Crippen LogP contribution >= 0.6 is 0 Å². The molecule has 0 aliphatic carbocycles. The Kier molecular flexibility index (Phi) is 7.25. The first-order valence-corrected chi connectivity index (χ1v) is 10.5. The number of aryl methyl sites for hydroxylation is 1. The molecule has 32 heavy (non-hydrogen) atoms. The molecule has 0 fully saturated rings. The van der Waals surface area contributed by atoms with Gasteiger partial charge in [-0.05, 0) is 75.7 Å². The van der Waals surface area contributed by atoms with Crippen molar-refractivity contribution in [1.29, 1.82) is 0 Å². The molecular weight excluding hydrogens is 411 g/mol. The van der Waals surface area contributed by atoms with Gasteiger partial charge in [0.25, 0.3) is 11.5 Å². The monoisotopic (exact) mass is 438 g/mol. The van der Waals surface area contributed by atoms with E-state index in [-0.39, 0.29) is 11.8 Å². The number of nitrogens with one attached hydrogen (secondary N) is 1. The van der Waals surface area contributed by atoms with Crippen molar-refractivity contribution in [3.63, 3.8) is 0 Å². The van der Waals surface area contributed by atoms with E-state index < -0.39 is 17.5 Å². The minimum atomic E-state index is -0.858. The Morgan fingerprint density at radius 1 is 1.12 bits per heavy atom. The van der Waals surface area contributed by atoms with Crippen LogP contribution in [0, 0.1) is 12.7 Å². The number of hydrogen-bond donors (Lipinski definition) is 1. The number of hydrogen-bond acceptors (Lipinski definition) is 5. The molecule has 1 unspecified atom stereocenters. The van der Waals surface area contributed by atoms with Crippen LogP contribution in [0.5, 0.6) is 5.88 Å². The molecule has 1 amide bonds. The Balaban J connectivity index is 1.71. The molecule has 3 aromatic rings. The summed E-state index contributed by atoms with van der Waals surface area (Å²) in [7, 11) is 0. The van der Waals surface area contributed by atoms with E-state index >= 15 is 0 Å². The van der Waals surface area contributed by atoms with Crippen molar-refractivity contribution in [1.82, 2.24) is 9.78 Å². The number of nitrogens with zero attached hydrogens (tertiary/aromatic N) is 3. The fourth-order valence-electron chi connectivity index (χ4n) is 3.27. The van der Waals surface area contributed by atoms with Gasteiger partial charge in [0.05, 0.1) is 5.69 Å². The van der Waals surface area contributed by atoms with E-state index in [4.69, 9.17) is 4.74 Å². The average molecular weight is 439 g/mol. The molecule has 0 saturated carbocycles. The van der Waals surface area contributed by atoms with E-state index in [1.165, 1.54) is 36.4 Å². The third kappa shape index (κ3) is 5.32. The summed E-state index contributed by atoms with van der Waals surface area (Å²) in [5.41, 5.74) is 2.73. The molecule has 168 valence electrons. The second-order valence-electron chi connectivity index (χ2n) is 7.32. The first-order chi connectivity index (χ1) is 15.3. The highest BCUT2D eigenvalue weighted by Gasteiger charge is 2.17. The van der Waals surface area contributed by atoms with Crippen molar-refractivity contribution in [2.75, 3.05) is 23.3 Å². The third-order valence-electron chi connectivity index (χ3n) is 5.11. The van der Waals surface area contributed by atoms with Gasteiger partial charge in [-0.1, -0.05) is 0 Å². The van der Waals surface area contributed by atoms with E-state index in [1.54, 1.807) is 6.92 Å². The fraction of sp³-hybridized carbons (Fsp3) is 0.292. The zero-order chi connectivity index (χ0) is 23.3. The maximum atomic E-state index is 13.2. The van der Waals surface area contributed by atoms with Crippen LogP contribution in [0.4, 0.5) is 15.8 Å². The van der Waals surface area contributed by atoms with Gasteiger partial charge in [0.1, 0.15) is 5.82 Å². The summed E-state index contributed by atoms with van der Waals surface area (Å²) in [5.74, 6) is -0.657. The van der Waals surface area contributed by atoms with Crippen LogP contribution in [0.25, 0.3) is 5.69 Å². The average Bonchev–Trinajstić information content (AvgIpc) is 2.78. The van der Waals surface area contributed by atoms with Gasteiger partial charge >= 0.3 is 0 Å². The van der Waals surface area contributed by atoms with Crippen LogP contribution in [-0.4, -0.2) is 34.9 Å². The van der Waals surface area contributed by atoms with Crippen molar-refractivity contribution in [2.24, 2.45) is 0 Å². The Labute approximate surface area is 186 Å². The van der Waals surface area contributed by atoms with Gasteiger partial charge in [-0.25, -0.2) is 4.39 Å². The topological polar surface area (TPSA) is 76.5 Å². The number of ether oxygens (including phenoxy) is 1. The van der Waals surface area contributed by atoms with Crippen LogP contribution in [0.15, 0.2) is 59.4 Å². The Morgan fingerprint density at radius 3 is 2.44 bits per heavy atom. The maximum absolute atomic E-state index is 13.2. The molecule has 1 atom stereocenters. The van der Waals surface area contributed by atoms with Gasteiger partial charge in [0, 0.05) is 36.6 Å². The van der Waals surface area contributed by atoms with Gasteiger partial charge in [-0.3, -0.25) is 9.59 Å². The van der Waals surface area contributed by atoms with Gasteiger partial charge < -0.3 is 15.0 Å². The summed E-state index contributed by atoms with van der Waals surface area (Å²) in [5, 5.41) is 7.02. The van der Waals surface area contributed by atoms with Crippen LogP contribution in [0.2, 0.25) is 0 Å². The van der Waals surface area contributed by atoms with Gasteiger partial charge in [0.2, 0.25) is 5.88 Å². The van der Waals surface area contributed by atoms with Crippen molar-refractivity contribution < 1.29 is 13.9 Å². The molecule has 1 aromatic heterocycles. The Bertz CT molecular complexity index is 1140. The number of carbonyl (C=O) groups is 1. The largest absolute Gasteiger partial charge is 0.463 e. The Hall–Kier alpha value is -3.68. The molecule has 0 radical (unpaired) electrons. The number of benzene rings is 2. The number of amides is 1. The Morgan fingerprint density at radius 2 is 1.81 bits per heavy atom. The van der Waals surface area contributed by atoms with Gasteiger partial charge in [-0.15, -0.1) is 5.10 Å². The molecule has 0 saturated heterocycles. The molecule has 0 aliphatic heterocycles. The molecular formula is C24H27FN4O3. The van der Waals surface area contributed by atoms with Crippen molar-refractivity contribution >= 4 is 17.3 Å². The van der Waals surface area contributed by atoms with E-state index in [1.807, 2.05) is 25.1 Å². The predicted octanol–water partition coefficient (Wildman–Crippen LogP) is 3.93. The molecule has 8 heteroatoms. The summed E-state index contributed by atoms with van der Waals surface area (Å²) in [6, 6.07) is 13.9. The van der Waals surface area contributed by atoms with Crippen LogP contribution in [-0.2, 0) is 4.79 Å². The lowest BCUT2D eigenvalue weighted by atomic mass is 10.1. The lowest BCUT2D eigenvalue weighted by molar-refractivity contribution is -0.122. The molecule has 1 heterocycles. The quantitative estimate of drug-likeness (QED) is 0.577. The highest BCUT2D eigenvalue weighted by molar-refractivity contribution is 5.95. The van der Waals surface area contributed by atoms with Crippen LogP contribution in [0.3, 0.4) is 0 Å². The van der Waals surface area contributed by atoms with Gasteiger partial charge in [0.15, 0.2) is 6.10 Å². The molecule has 7 nitrogen and oxygen atoms in total. The van der Waals surface area contributed by atoms with Crippen molar-refractivity contribution in [3.05, 3.63) is 76.3 Å². The SMILES string of the molecule is CCN(CC)c1ccc(NC(=O)C(C)Oc2ccc(=O)n(-c3ccc(F)cc3)n2)c(C)c1. The fourth-order valence-corrected chi connectivity index (χ4v) is 3.27. The first-order valence-electron chi connectivity index (χ1n) is 10.5.